The first kappa shape index (κ1) is 12.2. The summed E-state index contributed by atoms with van der Waals surface area (Å²) < 4.78 is 30.3. The van der Waals surface area contributed by atoms with E-state index in [9.17, 15) is 13.5 Å². The van der Waals surface area contributed by atoms with E-state index in [1.165, 1.54) is 0 Å². The molecule has 1 aromatic rings. The molecule has 15 heavy (non-hydrogen) atoms. The molecule has 84 valence electrons. The third-order valence-corrected chi connectivity index (χ3v) is 3.25. The third kappa shape index (κ3) is 2.56. The lowest BCUT2D eigenvalue weighted by atomic mass is 10.0. The second kappa shape index (κ2) is 3.92. The zero-order chi connectivity index (χ0) is 11.8. The molecule has 0 aromatic heterocycles. The third-order valence-electron chi connectivity index (χ3n) is 2.43. The van der Waals surface area contributed by atoms with E-state index >= 15 is 0 Å². The van der Waals surface area contributed by atoms with Crippen molar-refractivity contribution in [3.05, 3.63) is 34.4 Å². The molecule has 0 aliphatic carbocycles. The van der Waals surface area contributed by atoms with Gasteiger partial charge in [-0.3, -0.25) is 4.55 Å². The molecule has 0 saturated carbocycles. The molecule has 0 radical (unpaired) electrons. The highest BCUT2D eigenvalue weighted by molar-refractivity contribution is 7.85. The molecule has 0 bridgehead atoms. The van der Waals surface area contributed by atoms with Gasteiger partial charge >= 0.3 is 0 Å². The van der Waals surface area contributed by atoms with E-state index in [-0.39, 0.29) is 5.56 Å². The Labute approximate surface area is 89.3 Å². The summed E-state index contributed by atoms with van der Waals surface area (Å²) in [7, 11) is -4.45. The molecule has 0 amide bonds. The van der Waals surface area contributed by atoms with Crippen LogP contribution in [0, 0.1) is 20.8 Å². The number of benzene rings is 1. The van der Waals surface area contributed by atoms with Gasteiger partial charge in [0.05, 0.1) is 0 Å². The van der Waals surface area contributed by atoms with Crippen LogP contribution >= 0.6 is 0 Å². The summed E-state index contributed by atoms with van der Waals surface area (Å²) in [6.07, 6.45) is 0. The molecule has 1 aromatic carbocycles. The molecule has 1 rings (SSSR count). The number of hydrogen-bond donors (Lipinski definition) is 2. The van der Waals surface area contributed by atoms with Gasteiger partial charge < -0.3 is 5.11 Å². The normalized spacial score (nSPS) is 13.9. The van der Waals surface area contributed by atoms with Crippen LogP contribution < -0.4 is 0 Å². The largest absolute Gasteiger partial charge is 0.371 e. The Bertz CT molecular complexity index is 476. The van der Waals surface area contributed by atoms with Crippen molar-refractivity contribution in [2.45, 2.75) is 26.2 Å². The minimum atomic E-state index is -4.45. The summed E-state index contributed by atoms with van der Waals surface area (Å²) in [5.41, 5.74) is 0.887. The first-order chi connectivity index (χ1) is 6.73. The maximum Gasteiger partial charge on any atom is 0.296 e. The van der Waals surface area contributed by atoms with Gasteiger partial charge in [-0.2, -0.15) is 8.42 Å². The Hall–Kier alpha value is -0.910. The van der Waals surface area contributed by atoms with Crippen molar-refractivity contribution < 1.29 is 18.1 Å². The van der Waals surface area contributed by atoms with Crippen LogP contribution in [0.15, 0.2) is 12.1 Å². The topological polar surface area (TPSA) is 74.6 Å². The van der Waals surface area contributed by atoms with Crippen molar-refractivity contribution in [1.82, 2.24) is 0 Å². The van der Waals surface area contributed by atoms with Crippen molar-refractivity contribution in [2.24, 2.45) is 0 Å². The van der Waals surface area contributed by atoms with E-state index in [4.69, 9.17) is 4.55 Å². The lowest BCUT2D eigenvalue weighted by Gasteiger charge is -2.13. The van der Waals surface area contributed by atoms with Crippen molar-refractivity contribution in [3.63, 3.8) is 0 Å². The number of aliphatic hydroxyl groups excluding tert-OH is 1. The smallest absolute Gasteiger partial charge is 0.296 e. The molecular weight excluding hydrogens is 216 g/mol. The number of aliphatic hydroxyl groups is 1. The zero-order valence-electron chi connectivity index (χ0n) is 8.85. The molecule has 0 saturated heterocycles. The van der Waals surface area contributed by atoms with Gasteiger partial charge in [-0.25, -0.2) is 0 Å². The molecule has 0 aliphatic heterocycles. The maximum atomic E-state index is 10.8. The van der Waals surface area contributed by atoms with E-state index in [0.717, 1.165) is 11.1 Å². The fourth-order valence-electron chi connectivity index (χ4n) is 1.41. The summed E-state index contributed by atoms with van der Waals surface area (Å²) in [6, 6.07) is 3.35. The molecule has 1 atom stereocenters. The highest BCUT2D eigenvalue weighted by Gasteiger charge is 2.23. The highest BCUT2D eigenvalue weighted by Crippen LogP contribution is 2.24. The van der Waals surface area contributed by atoms with Gasteiger partial charge in [0.25, 0.3) is 10.1 Å². The summed E-state index contributed by atoms with van der Waals surface area (Å²) in [5.74, 6) is 0. The van der Waals surface area contributed by atoms with Crippen molar-refractivity contribution >= 4 is 10.1 Å². The highest BCUT2D eigenvalue weighted by atomic mass is 32.2. The second-order valence-electron chi connectivity index (χ2n) is 3.66. The zero-order valence-corrected chi connectivity index (χ0v) is 9.67. The van der Waals surface area contributed by atoms with Gasteiger partial charge in [0.2, 0.25) is 5.44 Å². The SMILES string of the molecule is Cc1cc(C)c(C(O)S(=O)(=O)O)cc1C. The average Bonchev–Trinajstić information content (AvgIpc) is 2.08. The molecule has 0 fully saturated rings. The average molecular weight is 230 g/mol. The predicted octanol–water partition coefficient (Wildman–Crippen LogP) is 1.49. The summed E-state index contributed by atoms with van der Waals surface area (Å²) in [6.45, 7) is 5.40. The Kier molecular flexibility index (Phi) is 3.18. The minimum Gasteiger partial charge on any atom is -0.371 e. The van der Waals surface area contributed by atoms with Gasteiger partial charge in [-0.05, 0) is 37.5 Å². The molecule has 0 heterocycles. The van der Waals surface area contributed by atoms with Crippen LogP contribution in [0.3, 0.4) is 0 Å². The van der Waals surface area contributed by atoms with E-state index in [0.29, 0.717) is 5.56 Å². The summed E-state index contributed by atoms with van der Waals surface area (Å²) >= 11 is 0. The lowest BCUT2D eigenvalue weighted by Crippen LogP contribution is -2.13. The van der Waals surface area contributed by atoms with Gasteiger partial charge in [0, 0.05) is 5.56 Å². The Morgan fingerprint density at radius 3 is 2.00 bits per heavy atom. The predicted molar refractivity (Wildman–Crippen MR) is 57.2 cm³/mol. The van der Waals surface area contributed by atoms with E-state index < -0.39 is 15.6 Å². The monoisotopic (exact) mass is 230 g/mol. The van der Waals surface area contributed by atoms with Crippen LogP contribution in [0.2, 0.25) is 0 Å². The van der Waals surface area contributed by atoms with Crippen LogP contribution in [0.25, 0.3) is 0 Å². The molecule has 5 heteroatoms. The fraction of sp³-hybridized carbons (Fsp3) is 0.400. The molecule has 1 unspecified atom stereocenters. The first-order valence-electron chi connectivity index (χ1n) is 4.45. The standard InChI is InChI=1S/C10H14O4S/c1-6-4-8(3)9(5-7(6)2)10(11)15(12,13)14/h4-5,10-11H,1-3H3,(H,12,13,14). The van der Waals surface area contributed by atoms with Crippen LogP contribution in [0.5, 0.6) is 0 Å². The van der Waals surface area contributed by atoms with Crippen molar-refractivity contribution in [1.29, 1.82) is 0 Å². The second-order valence-corrected chi connectivity index (χ2v) is 5.14. The Morgan fingerprint density at radius 1 is 1.07 bits per heavy atom. The molecular formula is C10H14O4S. The minimum absolute atomic E-state index is 0.223. The molecule has 0 spiro atoms. The Balaban J connectivity index is 3.33. The fourth-order valence-corrected chi connectivity index (χ4v) is 1.98. The first-order valence-corrected chi connectivity index (χ1v) is 5.96. The number of aryl methyl sites for hydroxylation is 3. The van der Waals surface area contributed by atoms with Gasteiger partial charge in [-0.15, -0.1) is 0 Å². The molecule has 0 aliphatic rings. The molecule has 4 nitrogen and oxygen atoms in total. The quantitative estimate of drug-likeness (QED) is 0.755. The van der Waals surface area contributed by atoms with Crippen molar-refractivity contribution in [2.75, 3.05) is 0 Å². The summed E-state index contributed by atoms with van der Waals surface area (Å²) in [5, 5.41) is 9.42. The van der Waals surface area contributed by atoms with Gasteiger partial charge in [-0.1, -0.05) is 12.1 Å². The van der Waals surface area contributed by atoms with Crippen LogP contribution in [-0.2, 0) is 10.1 Å². The van der Waals surface area contributed by atoms with Crippen LogP contribution in [0.4, 0.5) is 0 Å². The van der Waals surface area contributed by atoms with E-state index in [2.05, 4.69) is 0 Å². The van der Waals surface area contributed by atoms with Crippen LogP contribution in [0.1, 0.15) is 27.7 Å². The maximum absolute atomic E-state index is 10.8. The van der Waals surface area contributed by atoms with Gasteiger partial charge in [0.15, 0.2) is 0 Å². The summed E-state index contributed by atoms with van der Waals surface area (Å²) in [4.78, 5) is 0. The van der Waals surface area contributed by atoms with Gasteiger partial charge in [0.1, 0.15) is 0 Å². The van der Waals surface area contributed by atoms with E-state index in [1.54, 1.807) is 19.1 Å². The number of rotatable bonds is 2. The van der Waals surface area contributed by atoms with Crippen LogP contribution in [-0.4, -0.2) is 18.1 Å². The Morgan fingerprint density at radius 2 is 1.53 bits per heavy atom. The number of hydrogen-bond acceptors (Lipinski definition) is 3. The van der Waals surface area contributed by atoms with Crippen molar-refractivity contribution in [3.8, 4) is 0 Å². The molecule has 2 N–H and O–H groups in total. The lowest BCUT2D eigenvalue weighted by molar-refractivity contribution is 0.237. The van der Waals surface area contributed by atoms with E-state index in [1.807, 2.05) is 13.8 Å².